The van der Waals surface area contributed by atoms with Crippen molar-refractivity contribution in [3.63, 3.8) is 0 Å². The highest BCUT2D eigenvalue weighted by Crippen LogP contribution is 2.45. The zero-order valence-corrected chi connectivity index (χ0v) is 13.7. The van der Waals surface area contributed by atoms with Crippen LogP contribution in [0.4, 0.5) is 5.13 Å². The largest absolute Gasteiger partial charge is 0.387 e. The molecule has 2 aliphatic rings. The average molecular weight is 294 g/mol. The fourth-order valence-electron chi connectivity index (χ4n) is 3.68. The number of fused-ring (bicyclic) bond motifs is 1. The molecule has 1 aromatic heterocycles. The number of hydrogen-bond acceptors (Lipinski definition) is 4. The predicted molar refractivity (Wildman–Crippen MR) is 84.5 cm³/mol. The van der Waals surface area contributed by atoms with Crippen LogP contribution >= 0.6 is 11.3 Å². The number of nitrogens with zero attached hydrogens (tertiary/aromatic N) is 2. The third-order valence-electron chi connectivity index (χ3n) is 4.75. The van der Waals surface area contributed by atoms with Crippen molar-refractivity contribution in [1.29, 1.82) is 0 Å². The summed E-state index contributed by atoms with van der Waals surface area (Å²) in [6.07, 6.45) is 6.64. The van der Waals surface area contributed by atoms with E-state index in [1.165, 1.54) is 25.7 Å². The van der Waals surface area contributed by atoms with Gasteiger partial charge >= 0.3 is 0 Å². The van der Waals surface area contributed by atoms with Gasteiger partial charge in [0, 0.05) is 12.6 Å². The lowest BCUT2D eigenvalue weighted by Crippen LogP contribution is -2.39. The minimum Gasteiger partial charge on any atom is -0.387 e. The minimum atomic E-state index is -0.315. The van der Waals surface area contributed by atoms with Crippen LogP contribution in [0.3, 0.4) is 0 Å². The van der Waals surface area contributed by atoms with E-state index in [1.54, 1.807) is 11.3 Å². The molecule has 1 N–H and O–H groups in total. The molecule has 0 spiro atoms. The second-order valence-corrected chi connectivity index (χ2v) is 8.13. The summed E-state index contributed by atoms with van der Waals surface area (Å²) < 4.78 is 0. The number of aliphatic hydroxyl groups excluding tert-OH is 1. The molecule has 3 rings (SSSR count). The number of anilines is 1. The highest BCUT2D eigenvalue weighted by Gasteiger charge is 2.35. The summed E-state index contributed by atoms with van der Waals surface area (Å²) in [5, 5.41) is 11.5. The van der Waals surface area contributed by atoms with Crippen molar-refractivity contribution in [1.82, 2.24) is 4.98 Å². The Labute approximate surface area is 126 Å². The molecule has 0 aromatic carbocycles. The SMILES string of the molecule is CCC1CCCCN1c1nc2c(s1)C(O)CC(C)(C)C2. The smallest absolute Gasteiger partial charge is 0.186 e. The van der Waals surface area contributed by atoms with Crippen molar-refractivity contribution in [3.05, 3.63) is 10.6 Å². The van der Waals surface area contributed by atoms with Crippen molar-refractivity contribution in [2.45, 2.75) is 71.4 Å². The summed E-state index contributed by atoms with van der Waals surface area (Å²) >= 11 is 1.73. The third kappa shape index (κ3) is 2.60. The third-order valence-corrected chi connectivity index (χ3v) is 5.99. The monoisotopic (exact) mass is 294 g/mol. The summed E-state index contributed by atoms with van der Waals surface area (Å²) in [4.78, 5) is 8.52. The van der Waals surface area contributed by atoms with Crippen LogP contribution in [0.15, 0.2) is 0 Å². The average Bonchev–Trinajstić information content (AvgIpc) is 2.81. The van der Waals surface area contributed by atoms with E-state index in [9.17, 15) is 5.11 Å². The van der Waals surface area contributed by atoms with E-state index >= 15 is 0 Å². The van der Waals surface area contributed by atoms with Gasteiger partial charge in [0.25, 0.3) is 0 Å². The molecule has 1 aliphatic carbocycles. The van der Waals surface area contributed by atoms with Gasteiger partial charge in [-0.05, 0) is 43.9 Å². The number of thiazole rings is 1. The van der Waals surface area contributed by atoms with Gasteiger partial charge in [0.15, 0.2) is 5.13 Å². The minimum absolute atomic E-state index is 0.170. The number of rotatable bonds is 2. The molecule has 1 saturated heterocycles. The summed E-state index contributed by atoms with van der Waals surface area (Å²) in [5.74, 6) is 0. The van der Waals surface area contributed by atoms with E-state index in [-0.39, 0.29) is 11.5 Å². The summed E-state index contributed by atoms with van der Waals surface area (Å²) in [7, 11) is 0. The van der Waals surface area contributed by atoms with E-state index < -0.39 is 0 Å². The topological polar surface area (TPSA) is 36.4 Å². The van der Waals surface area contributed by atoms with Crippen molar-refractivity contribution in [2.75, 3.05) is 11.4 Å². The molecule has 0 bridgehead atoms. The van der Waals surface area contributed by atoms with Gasteiger partial charge in [0.2, 0.25) is 0 Å². The quantitative estimate of drug-likeness (QED) is 0.898. The number of hydrogen-bond donors (Lipinski definition) is 1. The Kier molecular flexibility index (Phi) is 3.80. The second-order valence-electron chi connectivity index (χ2n) is 7.12. The Morgan fingerprint density at radius 3 is 2.95 bits per heavy atom. The number of aliphatic hydroxyl groups is 1. The van der Waals surface area contributed by atoms with Crippen LogP contribution in [0.5, 0.6) is 0 Å². The van der Waals surface area contributed by atoms with E-state index in [0.717, 1.165) is 35.1 Å². The van der Waals surface area contributed by atoms with Crippen LogP contribution in [0, 0.1) is 5.41 Å². The van der Waals surface area contributed by atoms with Gasteiger partial charge < -0.3 is 10.0 Å². The molecule has 0 amide bonds. The van der Waals surface area contributed by atoms with Gasteiger partial charge in [-0.1, -0.05) is 32.1 Å². The van der Waals surface area contributed by atoms with E-state index in [0.29, 0.717) is 6.04 Å². The lowest BCUT2D eigenvalue weighted by Gasteiger charge is -2.35. The van der Waals surface area contributed by atoms with Crippen LogP contribution in [0.1, 0.15) is 69.6 Å². The van der Waals surface area contributed by atoms with Crippen molar-refractivity contribution >= 4 is 16.5 Å². The van der Waals surface area contributed by atoms with E-state index in [4.69, 9.17) is 4.98 Å². The second kappa shape index (κ2) is 5.30. The van der Waals surface area contributed by atoms with E-state index in [1.807, 2.05) is 0 Å². The zero-order valence-electron chi connectivity index (χ0n) is 12.9. The lowest BCUT2D eigenvalue weighted by molar-refractivity contribution is 0.102. The maximum absolute atomic E-state index is 10.4. The van der Waals surface area contributed by atoms with Crippen molar-refractivity contribution < 1.29 is 5.11 Å². The first-order valence-electron chi connectivity index (χ1n) is 7.94. The van der Waals surface area contributed by atoms with Crippen LogP contribution in [-0.4, -0.2) is 22.7 Å². The standard InChI is InChI=1S/C16H26N2OS/c1-4-11-7-5-6-8-18(11)15-17-12-9-16(2,3)10-13(19)14(12)20-15/h11,13,19H,4-10H2,1-3H3. The molecule has 2 heterocycles. The molecule has 1 aromatic rings. The maximum Gasteiger partial charge on any atom is 0.186 e. The highest BCUT2D eigenvalue weighted by atomic mass is 32.1. The molecule has 0 saturated carbocycles. The van der Waals surface area contributed by atoms with Gasteiger partial charge in [-0.25, -0.2) is 4.98 Å². The van der Waals surface area contributed by atoms with Gasteiger partial charge in [0.1, 0.15) is 0 Å². The van der Waals surface area contributed by atoms with Gasteiger partial charge in [0.05, 0.1) is 16.7 Å². The molecule has 0 radical (unpaired) electrons. The van der Waals surface area contributed by atoms with Gasteiger partial charge in [-0.2, -0.15) is 0 Å². The number of aromatic nitrogens is 1. The van der Waals surface area contributed by atoms with Crippen molar-refractivity contribution in [2.24, 2.45) is 5.41 Å². The van der Waals surface area contributed by atoms with E-state index in [2.05, 4.69) is 25.7 Å². The molecule has 3 nitrogen and oxygen atoms in total. The Bertz CT molecular complexity index is 483. The first-order chi connectivity index (χ1) is 9.50. The maximum atomic E-state index is 10.4. The fourth-order valence-corrected chi connectivity index (χ4v) is 4.84. The number of piperidine rings is 1. The molecule has 112 valence electrons. The Morgan fingerprint density at radius 2 is 2.20 bits per heavy atom. The Morgan fingerprint density at radius 1 is 1.40 bits per heavy atom. The zero-order chi connectivity index (χ0) is 14.3. The molecule has 1 fully saturated rings. The summed E-state index contributed by atoms with van der Waals surface area (Å²) in [5.41, 5.74) is 1.32. The van der Waals surface area contributed by atoms with Gasteiger partial charge in [-0.3, -0.25) is 0 Å². The molecule has 1 aliphatic heterocycles. The molecule has 4 heteroatoms. The summed E-state index contributed by atoms with van der Waals surface area (Å²) in [6.45, 7) is 7.86. The van der Waals surface area contributed by atoms with Crippen LogP contribution < -0.4 is 4.90 Å². The lowest BCUT2D eigenvalue weighted by atomic mass is 9.77. The molecule has 2 unspecified atom stereocenters. The van der Waals surface area contributed by atoms with Crippen LogP contribution in [-0.2, 0) is 6.42 Å². The Balaban J connectivity index is 1.89. The fraction of sp³-hybridized carbons (Fsp3) is 0.812. The van der Waals surface area contributed by atoms with Gasteiger partial charge in [-0.15, -0.1) is 0 Å². The first kappa shape index (κ1) is 14.3. The molecule has 20 heavy (non-hydrogen) atoms. The first-order valence-corrected chi connectivity index (χ1v) is 8.76. The molecular formula is C16H26N2OS. The normalized spacial score (nSPS) is 29.3. The van der Waals surface area contributed by atoms with Crippen LogP contribution in [0.25, 0.3) is 0 Å². The summed E-state index contributed by atoms with van der Waals surface area (Å²) in [6, 6.07) is 0.640. The van der Waals surface area contributed by atoms with Crippen molar-refractivity contribution in [3.8, 4) is 0 Å². The Hall–Kier alpha value is -0.610. The molecular weight excluding hydrogens is 268 g/mol. The van der Waals surface area contributed by atoms with Crippen LogP contribution in [0.2, 0.25) is 0 Å². The predicted octanol–water partition coefficient (Wildman–Crippen LogP) is 3.92. The molecule has 2 atom stereocenters. The highest BCUT2D eigenvalue weighted by molar-refractivity contribution is 7.15.